The maximum Gasteiger partial charge on any atom is 0.330 e. The molecule has 0 atom stereocenters. The van der Waals surface area contributed by atoms with E-state index in [2.05, 4.69) is 18.6 Å². The second kappa shape index (κ2) is 6.63. The fourth-order valence-electron chi connectivity index (χ4n) is 0.638. The molecule has 76 valence electrons. The molecule has 0 aromatic carbocycles. The van der Waals surface area contributed by atoms with Crippen LogP contribution in [-0.4, -0.2) is 25.4 Å². The average molecular weight is 238 g/mol. The molecule has 0 spiro atoms. The van der Waals surface area contributed by atoms with Crippen molar-refractivity contribution in [2.24, 2.45) is 0 Å². The highest BCUT2D eigenvalue weighted by Crippen LogP contribution is 2.58. The summed E-state index contributed by atoms with van der Waals surface area (Å²) in [4.78, 5) is 10.7. The maximum absolute atomic E-state index is 10.7. The zero-order valence-electron chi connectivity index (χ0n) is 8.15. The van der Waals surface area contributed by atoms with Crippen LogP contribution in [0, 0.1) is 0 Å². The molecule has 0 bridgehead atoms. The lowest BCUT2D eigenvalue weighted by Crippen LogP contribution is -1.92. The molecule has 0 saturated heterocycles. The summed E-state index contributed by atoms with van der Waals surface area (Å²) in [5.41, 5.74) is 0. The molecule has 0 radical (unpaired) electrons. The molecular weight excluding hydrogens is 223 g/mol. The van der Waals surface area contributed by atoms with Crippen LogP contribution in [0.4, 0.5) is 0 Å². The van der Waals surface area contributed by atoms with Crippen LogP contribution in [0.1, 0.15) is 13.8 Å². The summed E-state index contributed by atoms with van der Waals surface area (Å²) in [6, 6.07) is 0. The Kier molecular flexibility index (Phi) is 6.74. The lowest BCUT2D eigenvalue weighted by atomic mass is 10.7. The Morgan fingerprint density at radius 2 is 2.08 bits per heavy atom. The van der Waals surface area contributed by atoms with Gasteiger partial charge in [0.05, 0.1) is 7.11 Å². The molecule has 0 aliphatic rings. The first-order valence-corrected chi connectivity index (χ1v) is 8.74. The number of carbonyl (C=O) groups excluding carboxylic acids is 1. The summed E-state index contributed by atoms with van der Waals surface area (Å²) in [6.07, 6.45) is 3.47. The van der Waals surface area contributed by atoms with Crippen molar-refractivity contribution in [2.75, 3.05) is 19.4 Å². The van der Waals surface area contributed by atoms with Crippen LogP contribution < -0.4 is 0 Å². The fraction of sp³-hybridized carbons (Fsp3) is 0.625. The summed E-state index contributed by atoms with van der Waals surface area (Å²) in [5, 5.41) is 0.471. The second-order valence-electron chi connectivity index (χ2n) is 2.38. The quantitative estimate of drug-likeness (QED) is 0.418. The molecule has 0 aromatic rings. The van der Waals surface area contributed by atoms with E-state index in [9.17, 15) is 4.79 Å². The van der Waals surface area contributed by atoms with Gasteiger partial charge in [-0.2, -0.15) is 0 Å². The number of carbonyl (C=O) groups is 1. The minimum Gasteiger partial charge on any atom is -0.466 e. The minimum atomic E-state index is -1.29. The van der Waals surface area contributed by atoms with E-state index >= 15 is 0 Å². The lowest BCUT2D eigenvalue weighted by molar-refractivity contribution is -0.134. The minimum absolute atomic E-state index is 0.318. The Balaban J connectivity index is 4.07. The molecule has 0 fully saturated rings. The molecule has 0 aliphatic carbocycles. The number of esters is 1. The van der Waals surface area contributed by atoms with Crippen LogP contribution in [0.2, 0.25) is 0 Å². The van der Waals surface area contributed by atoms with E-state index in [0.29, 0.717) is 0 Å². The second-order valence-corrected chi connectivity index (χ2v) is 11.3. The van der Waals surface area contributed by atoms with E-state index < -0.39 is 5.24 Å². The van der Waals surface area contributed by atoms with Crippen LogP contribution in [0.3, 0.4) is 0 Å². The Morgan fingerprint density at radius 3 is 2.46 bits per heavy atom. The van der Waals surface area contributed by atoms with Gasteiger partial charge in [-0.05, 0) is 17.7 Å². The molecule has 2 nitrogen and oxygen atoms in total. The Morgan fingerprint density at radius 1 is 1.54 bits per heavy atom. The van der Waals surface area contributed by atoms with Crippen LogP contribution >= 0.6 is 16.6 Å². The predicted octanol–water partition coefficient (Wildman–Crippen LogP) is 2.84. The predicted molar refractivity (Wildman–Crippen MR) is 64.1 cm³/mol. The van der Waals surface area contributed by atoms with E-state index in [1.54, 1.807) is 16.8 Å². The van der Waals surface area contributed by atoms with Crippen LogP contribution in [0.25, 0.3) is 0 Å². The molecular formula is C8H15O2PS2. The first-order chi connectivity index (χ1) is 6.08. The monoisotopic (exact) mass is 238 g/mol. The van der Waals surface area contributed by atoms with Gasteiger partial charge in [-0.1, -0.05) is 37.0 Å². The summed E-state index contributed by atoms with van der Waals surface area (Å²) >= 11 is 7.08. The topological polar surface area (TPSA) is 26.3 Å². The molecule has 0 amide bonds. The Hall–Kier alpha value is 0.210. The number of methoxy groups -OCH3 is 1. The van der Waals surface area contributed by atoms with Crippen molar-refractivity contribution in [2.45, 2.75) is 13.8 Å². The van der Waals surface area contributed by atoms with Gasteiger partial charge in [0.25, 0.3) is 0 Å². The zero-order valence-corrected chi connectivity index (χ0v) is 10.7. The van der Waals surface area contributed by atoms with Gasteiger partial charge >= 0.3 is 5.97 Å². The average Bonchev–Trinajstić information content (AvgIpc) is 2.17. The van der Waals surface area contributed by atoms with Gasteiger partial charge in [-0.3, -0.25) is 0 Å². The molecule has 0 rings (SSSR count). The molecule has 13 heavy (non-hydrogen) atoms. The van der Waals surface area contributed by atoms with E-state index in [-0.39, 0.29) is 5.97 Å². The van der Waals surface area contributed by atoms with Crippen molar-refractivity contribution in [1.29, 1.82) is 0 Å². The van der Waals surface area contributed by atoms with E-state index in [1.807, 2.05) is 0 Å². The largest absolute Gasteiger partial charge is 0.466 e. The highest BCUT2D eigenvalue weighted by molar-refractivity contribution is 8.72. The van der Waals surface area contributed by atoms with Crippen LogP contribution in [-0.2, 0) is 21.3 Å². The molecule has 0 aliphatic heterocycles. The molecule has 0 saturated carbocycles. The molecule has 0 unspecified atom stereocenters. The van der Waals surface area contributed by atoms with Crippen molar-refractivity contribution < 1.29 is 9.53 Å². The lowest BCUT2D eigenvalue weighted by Gasteiger charge is -2.13. The number of hydrogen-bond donors (Lipinski definition) is 0. The van der Waals surface area contributed by atoms with Crippen molar-refractivity contribution in [3.05, 3.63) is 11.5 Å². The number of ether oxygens (including phenoxy) is 1. The third-order valence-electron chi connectivity index (χ3n) is 1.62. The highest BCUT2D eigenvalue weighted by Gasteiger charge is 2.10. The van der Waals surface area contributed by atoms with Gasteiger partial charge in [-0.25, -0.2) is 4.79 Å². The van der Waals surface area contributed by atoms with Gasteiger partial charge in [0.2, 0.25) is 0 Å². The third-order valence-corrected chi connectivity index (χ3v) is 9.58. The summed E-state index contributed by atoms with van der Waals surface area (Å²) in [6.45, 7) is 4.20. The van der Waals surface area contributed by atoms with Crippen molar-refractivity contribution in [3.63, 3.8) is 0 Å². The molecule has 0 N–H and O–H groups in total. The Labute approximate surface area is 88.9 Å². The standard InChI is InChI=1S/C8H15O2PS2/c1-4-11(12,5-2)13-7-6-8(9)10-3/h6-7H,4-5H2,1-3H3. The number of rotatable bonds is 5. The molecule has 5 heteroatoms. The summed E-state index contributed by atoms with van der Waals surface area (Å²) < 4.78 is 4.47. The molecule has 0 heterocycles. The van der Waals surface area contributed by atoms with E-state index in [1.165, 1.54) is 13.2 Å². The van der Waals surface area contributed by atoms with E-state index in [4.69, 9.17) is 11.8 Å². The maximum atomic E-state index is 10.7. The zero-order chi connectivity index (χ0) is 10.3. The highest BCUT2D eigenvalue weighted by atomic mass is 32.9. The third kappa shape index (κ3) is 5.50. The van der Waals surface area contributed by atoms with Crippen molar-refractivity contribution in [3.8, 4) is 0 Å². The smallest absolute Gasteiger partial charge is 0.330 e. The van der Waals surface area contributed by atoms with Crippen LogP contribution in [0.15, 0.2) is 11.5 Å². The van der Waals surface area contributed by atoms with Gasteiger partial charge in [0, 0.05) is 11.3 Å². The summed E-state index contributed by atoms with van der Waals surface area (Å²) in [5.74, 6) is -0.318. The number of hydrogen-bond acceptors (Lipinski definition) is 4. The van der Waals surface area contributed by atoms with Gasteiger partial charge in [-0.15, -0.1) is 0 Å². The van der Waals surface area contributed by atoms with Gasteiger partial charge in [0.15, 0.2) is 0 Å². The SMILES string of the molecule is CCP(=S)(CC)SC=CC(=O)OC. The molecule has 0 aromatic heterocycles. The fourth-order valence-corrected chi connectivity index (χ4v) is 3.97. The Bertz CT molecular complexity index is 230. The van der Waals surface area contributed by atoms with Crippen molar-refractivity contribution in [1.82, 2.24) is 0 Å². The van der Waals surface area contributed by atoms with E-state index in [0.717, 1.165) is 12.3 Å². The van der Waals surface area contributed by atoms with Crippen LogP contribution in [0.5, 0.6) is 0 Å². The first-order valence-electron chi connectivity index (χ1n) is 4.09. The normalized spacial score (nSPS) is 11.9. The van der Waals surface area contributed by atoms with Crippen molar-refractivity contribution >= 4 is 34.4 Å². The first kappa shape index (κ1) is 13.2. The van der Waals surface area contributed by atoms with Gasteiger partial charge < -0.3 is 4.74 Å². The van der Waals surface area contributed by atoms with Gasteiger partial charge in [0.1, 0.15) is 0 Å². The summed E-state index contributed by atoms with van der Waals surface area (Å²) in [7, 11) is 1.37.